The van der Waals surface area contributed by atoms with E-state index in [1.807, 2.05) is 20.8 Å². The van der Waals surface area contributed by atoms with Crippen LogP contribution < -0.4 is 4.90 Å². The molecule has 0 bridgehead atoms. The predicted molar refractivity (Wildman–Crippen MR) is 104 cm³/mol. The van der Waals surface area contributed by atoms with Crippen LogP contribution in [0.4, 0.5) is 4.79 Å². The fraction of sp³-hybridized carbons (Fsp3) is 0.421. The van der Waals surface area contributed by atoms with Gasteiger partial charge >= 0.3 is 17.8 Å². The number of hydrogen-bond donors (Lipinski definition) is 1. The van der Waals surface area contributed by atoms with Crippen molar-refractivity contribution in [2.45, 2.75) is 39.8 Å². The molecule has 1 N–H and O–H groups in total. The van der Waals surface area contributed by atoms with Crippen molar-refractivity contribution in [1.82, 2.24) is 20.0 Å². The minimum absolute atomic E-state index is 0.0387. The summed E-state index contributed by atoms with van der Waals surface area (Å²) in [5, 5.41) is 8.74. The lowest BCUT2D eigenvalue weighted by atomic mass is 10.2. The number of urea groups is 1. The highest BCUT2D eigenvalue weighted by Crippen LogP contribution is 2.20. The first-order valence-corrected chi connectivity index (χ1v) is 9.79. The minimum atomic E-state index is -0.797. The van der Waals surface area contributed by atoms with Crippen LogP contribution in [0.1, 0.15) is 33.1 Å². The van der Waals surface area contributed by atoms with Crippen LogP contribution in [0.25, 0.3) is 11.5 Å². The summed E-state index contributed by atoms with van der Waals surface area (Å²) >= 11 is 5.90. The van der Waals surface area contributed by atoms with Crippen molar-refractivity contribution in [2.24, 2.45) is 0 Å². The summed E-state index contributed by atoms with van der Waals surface area (Å²) < 4.78 is 5.74. The highest BCUT2D eigenvalue weighted by atomic mass is 35.5. The van der Waals surface area contributed by atoms with Crippen LogP contribution in [0.5, 0.6) is 0 Å². The molecule has 1 aliphatic rings. The van der Waals surface area contributed by atoms with Gasteiger partial charge in [0, 0.05) is 17.1 Å². The number of nitrogens with one attached hydrogen (secondary N) is 1. The molecule has 2 aromatic rings. The number of aromatic nitrogens is 2. The first kappa shape index (κ1) is 20.9. The predicted octanol–water partition coefficient (Wildman–Crippen LogP) is 1.34. The van der Waals surface area contributed by atoms with Crippen LogP contribution >= 0.6 is 11.6 Å². The van der Waals surface area contributed by atoms with Crippen molar-refractivity contribution in [3.63, 3.8) is 0 Å². The first-order valence-electron chi connectivity index (χ1n) is 9.42. The summed E-state index contributed by atoms with van der Waals surface area (Å²) in [4.78, 5) is 39.6. The Bertz CT molecular complexity index is 912. The third-order valence-electron chi connectivity index (χ3n) is 4.70. The van der Waals surface area contributed by atoms with Crippen molar-refractivity contribution in [1.29, 1.82) is 0 Å². The molecule has 1 fully saturated rings. The summed E-state index contributed by atoms with van der Waals surface area (Å²) in [7, 11) is 0. The average Bonchev–Trinajstić information content (AvgIpc) is 3.23. The van der Waals surface area contributed by atoms with Gasteiger partial charge in [-0.25, -0.2) is 9.69 Å². The van der Waals surface area contributed by atoms with Crippen molar-refractivity contribution < 1.29 is 23.7 Å². The third kappa shape index (κ3) is 4.46. The first-order chi connectivity index (χ1) is 13.8. The Morgan fingerprint density at radius 1 is 1.07 bits per heavy atom. The molecule has 0 aliphatic carbocycles. The van der Waals surface area contributed by atoms with Gasteiger partial charge in [-0.05, 0) is 44.5 Å². The van der Waals surface area contributed by atoms with Crippen molar-refractivity contribution in [3.8, 4) is 11.5 Å². The molecule has 9 nitrogen and oxygen atoms in total. The molecule has 10 heteroatoms. The van der Waals surface area contributed by atoms with E-state index in [1.165, 1.54) is 0 Å². The van der Waals surface area contributed by atoms with Crippen LogP contribution in [0.2, 0.25) is 5.02 Å². The lowest BCUT2D eigenvalue weighted by molar-refractivity contribution is -0.943. The Morgan fingerprint density at radius 2 is 1.72 bits per heavy atom. The van der Waals surface area contributed by atoms with E-state index in [0.29, 0.717) is 29.8 Å². The second kappa shape index (κ2) is 8.71. The lowest BCUT2D eigenvalue weighted by Gasteiger charge is -2.25. The van der Waals surface area contributed by atoms with Crippen LogP contribution in [0.3, 0.4) is 0 Å². The molecule has 1 aliphatic heterocycles. The van der Waals surface area contributed by atoms with E-state index in [0.717, 1.165) is 20.3 Å². The van der Waals surface area contributed by atoms with Crippen LogP contribution in [-0.2, 0) is 16.1 Å². The van der Waals surface area contributed by atoms with Gasteiger partial charge in [-0.3, -0.25) is 14.5 Å². The van der Waals surface area contributed by atoms with E-state index in [4.69, 9.17) is 16.0 Å². The molecule has 1 aromatic carbocycles. The standard InChI is InChI=1S/C19H22ClN5O4/c1-4-9-24-17(26)18(27)25(19(24)28)11-23(12(2)3)10-15-21-22-16(29-15)13-5-7-14(20)8-6-13/h5-8,12H,4,9-11H2,1-3H3/p+1. The maximum atomic E-state index is 12.5. The van der Waals surface area contributed by atoms with E-state index >= 15 is 0 Å². The highest BCUT2D eigenvalue weighted by molar-refractivity contribution is 6.44. The molecule has 1 saturated heterocycles. The van der Waals surface area contributed by atoms with Gasteiger partial charge in [0.15, 0.2) is 13.2 Å². The van der Waals surface area contributed by atoms with Crippen molar-refractivity contribution >= 4 is 29.4 Å². The Labute approximate surface area is 173 Å². The van der Waals surface area contributed by atoms with Gasteiger partial charge in [0.2, 0.25) is 5.89 Å². The van der Waals surface area contributed by atoms with Gasteiger partial charge < -0.3 is 9.32 Å². The molecule has 2 heterocycles. The second-order valence-electron chi connectivity index (χ2n) is 7.13. The zero-order valence-electron chi connectivity index (χ0n) is 16.5. The molecule has 0 saturated carbocycles. The maximum absolute atomic E-state index is 12.5. The molecule has 154 valence electrons. The van der Waals surface area contributed by atoms with E-state index in [-0.39, 0.29) is 19.3 Å². The van der Waals surface area contributed by atoms with Crippen LogP contribution in [0.15, 0.2) is 28.7 Å². The number of carbonyl (C=O) groups excluding carboxylic acids is 3. The van der Waals surface area contributed by atoms with E-state index in [2.05, 4.69) is 10.2 Å². The molecule has 29 heavy (non-hydrogen) atoms. The van der Waals surface area contributed by atoms with Gasteiger partial charge in [-0.1, -0.05) is 18.5 Å². The van der Waals surface area contributed by atoms with Gasteiger partial charge in [0.1, 0.15) is 0 Å². The topological polar surface area (TPSA) is 101 Å². The largest absolute Gasteiger partial charge is 0.415 e. The highest BCUT2D eigenvalue weighted by Gasteiger charge is 2.46. The fourth-order valence-corrected chi connectivity index (χ4v) is 3.11. The Morgan fingerprint density at radius 3 is 2.34 bits per heavy atom. The lowest BCUT2D eigenvalue weighted by Crippen LogP contribution is -3.15. The zero-order valence-corrected chi connectivity index (χ0v) is 17.3. The quantitative estimate of drug-likeness (QED) is 0.511. The Balaban J connectivity index is 1.73. The second-order valence-corrected chi connectivity index (χ2v) is 7.56. The summed E-state index contributed by atoms with van der Waals surface area (Å²) in [6, 6.07) is 6.49. The van der Waals surface area contributed by atoms with Crippen LogP contribution in [0, 0.1) is 0 Å². The third-order valence-corrected chi connectivity index (χ3v) is 4.95. The molecule has 1 atom stereocenters. The minimum Gasteiger partial charge on any atom is -0.415 e. The number of quaternary nitrogens is 1. The molecule has 3 rings (SSSR count). The van der Waals surface area contributed by atoms with E-state index in [1.54, 1.807) is 24.3 Å². The number of amides is 4. The molecule has 0 radical (unpaired) electrons. The number of nitrogens with zero attached hydrogens (tertiary/aromatic N) is 4. The summed E-state index contributed by atoms with van der Waals surface area (Å²) in [5.41, 5.74) is 0.741. The molecule has 1 aromatic heterocycles. The molecule has 0 spiro atoms. The summed E-state index contributed by atoms with van der Waals surface area (Å²) in [6.07, 6.45) is 0.592. The average molecular weight is 421 g/mol. The van der Waals surface area contributed by atoms with Gasteiger partial charge in [0.05, 0.1) is 6.04 Å². The zero-order chi connectivity index (χ0) is 21.1. The summed E-state index contributed by atoms with van der Waals surface area (Å²) in [5.74, 6) is -0.844. The number of carbonyl (C=O) groups is 3. The smallest absolute Gasteiger partial charge is 0.338 e. The Kier molecular flexibility index (Phi) is 6.29. The van der Waals surface area contributed by atoms with Gasteiger partial charge in [0.25, 0.3) is 5.89 Å². The molecule has 1 unspecified atom stereocenters. The number of imide groups is 2. The van der Waals surface area contributed by atoms with Gasteiger partial charge in [-0.15, -0.1) is 10.2 Å². The van der Waals surface area contributed by atoms with E-state index < -0.39 is 17.8 Å². The van der Waals surface area contributed by atoms with Crippen LogP contribution in [-0.4, -0.2) is 57.1 Å². The number of benzene rings is 1. The van der Waals surface area contributed by atoms with Crippen molar-refractivity contribution in [2.75, 3.05) is 13.2 Å². The monoisotopic (exact) mass is 420 g/mol. The maximum Gasteiger partial charge on any atom is 0.338 e. The number of hydrogen-bond acceptors (Lipinski definition) is 6. The Hall–Kier alpha value is -2.78. The molecular weight excluding hydrogens is 398 g/mol. The number of rotatable bonds is 8. The summed E-state index contributed by atoms with van der Waals surface area (Å²) in [6.45, 7) is 6.31. The SMILES string of the molecule is CCCN1C(=O)C(=O)N(C[NH+](Cc2nnc(-c3ccc(Cl)cc3)o2)C(C)C)C1=O. The molecular formula is C19H23ClN5O4+. The van der Waals surface area contributed by atoms with E-state index in [9.17, 15) is 14.4 Å². The number of halogens is 1. The fourth-order valence-electron chi connectivity index (χ4n) is 2.98. The van der Waals surface area contributed by atoms with Gasteiger partial charge in [-0.2, -0.15) is 0 Å². The normalized spacial score (nSPS) is 15.7. The van der Waals surface area contributed by atoms with Crippen molar-refractivity contribution in [3.05, 3.63) is 35.2 Å². The molecule has 4 amide bonds.